The van der Waals surface area contributed by atoms with E-state index in [0.717, 1.165) is 5.56 Å². The lowest BCUT2D eigenvalue weighted by molar-refractivity contribution is -0.148. The third-order valence-corrected chi connectivity index (χ3v) is 6.39. The molecule has 0 bridgehead atoms. The van der Waals surface area contributed by atoms with Gasteiger partial charge in [-0.2, -0.15) is 0 Å². The van der Waals surface area contributed by atoms with Crippen LogP contribution in [0.15, 0.2) is 24.3 Å². The zero-order valence-electron chi connectivity index (χ0n) is 25.4. The Bertz CT molecular complexity index is 943. The van der Waals surface area contributed by atoms with Gasteiger partial charge in [0.1, 0.15) is 5.75 Å². The summed E-state index contributed by atoms with van der Waals surface area (Å²) < 4.78 is 29.9. The summed E-state index contributed by atoms with van der Waals surface area (Å²) in [6.45, 7) is 2.52. The van der Waals surface area contributed by atoms with E-state index in [-0.39, 0.29) is 52.4 Å². The fraction of sp³-hybridized carbons (Fsp3) is 0.643. The van der Waals surface area contributed by atoms with Gasteiger partial charge in [0.2, 0.25) is 0 Å². The molecule has 238 valence electrons. The zero-order chi connectivity index (χ0) is 31.5. The average molecular weight is 600 g/mol. The molecule has 0 amide bonds. The Balaban J connectivity index is 3.35. The van der Waals surface area contributed by atoms with Gasteiger partial charge < -0.3 is 33.5 Å². The van der Waals surface area contributed by atoms with Crippen LogP contribution in [0.25, 0.3) is 0 Å². The molecule has 0 saturated carbocycles. The average Bonchev–Trinajstić information content (AvgIpc) is 2.99. The molecule has 2 atom stereocenters. The Morgan fingerprint density at radius 1 is 0.714 bits per heavy atom. The van der Waals surface area contributed by atoms with Crippen LogP contribution in [0.4, 0.5) is 0 Å². The quantitative estimate of drug-likeness (QED) is 0.110. The van der Waals surface area contributed by atoms with Gasteiger partial charge in [-0.15, -0.1) is 0 Å². The molecular weight excluding hydrogens is 554 g/mol. The highest BCUT2D eigenvalue weighted by Gasteiger charge is 2.28. The second-order valence-corrected chi connectivity index (χ2v) is 9.31. The molecule has 1 aromatic carbocycles. The van der Waals surface area contributed by atoms with E-state index in [1.807, 2.05) is 31.2 Å². The lowest BCUT2D eigenvalue weighted by Gasteiger charge is -2.35. The smallest absolute Gasteiger partial charge is 0.319 e. The highest BCUT2D eigenvalue weighted by Crippen LogP contribution is 2.17. The molecule has 0 aliphatic rings. The SMILES string of the molecule is CCOc1ccc(C[C@@H](CN(CCN(CC(=O)OC)CC(O)OC)CC(=O)OC)N(CC(=O)OC)CC(=O)OC)cc1. The number of nitrogens with zero attached hydrogens (tertiary/aromatic N) is 3. The van der Waals surface area contributed by atoms with E-state index in [1.165, 1.54) is 35.5 Å². The van der Waals surface area contributed by atoms with Crippen LogP contribution in [0.2, 0.25) is 0 Å². The van der Waals surface area contributed by atoms with Crippen molar-refractivity contribution in [2.45, 2.75) is 25.7 Å². The normalized spacial score (nSPS) is 12.6. The van der Waals surface area contributed by atoms with Crippen LogP contribution in [0.5, 0.6) is 5.75 Å². The molecule has 0 aromatic heterocycles. The second kappa shape index (κ2) is 20.6. The van der Waals surface area contributed by atoms with E-state index in [1.54, 1.807) is 14.7 Å². The highest BCUT2D eigenvalue weighted by molar-refractivity contribution is 5.75. The van der Waals surface area contributed by atoms with E-state index < -0.39 is 36.2 Å². The summed E-state index contributed by atoms with van der Waals surface area (Å²) in [6, 6.07) is 6.98. The summed E-state index contributed by atoms with van der Waals surface area (Å²) in [7, 11) is 6.39. The molecule has 1 N–H and O–H groups in total. The minimum atomic E-state index is -1.15. The maximum absolute atomic E-state index is 12.4. The first kappa shape index (κ1) is 36.7. The van der Waals surface area contributed by atoms with Crippen molar-refractivity contribution in [1.82, 2.24) is 14.7 Å². The fourth-order valence-electron chi connectivity index (χ4n) is 4.08. The van der Waals surface area contributed by atoms with Gasteiger partial charge in [-0.05, 0) is 31.0 Å². The standard InChI is InChI=1S/C28H45N3O11/c1-7-42-23-10-8-21(9-11-23)14-22(31(19-27(35)40-5)20-28(36)41-6)15-29(16-24(32)37-2)12-13-30(17-25(33)38-3)18-26(34)39-4/h8-11,22,25,33H,7,12-20H2,1-6H3/t22-,25?/m0/s1. The molecule has 1 unspecified atom stereocenters. The van der Waals surface area contributed by atoms with Crippen LogP contribution >= 0.6 is 0 Å². The summed E-state index contributed by atoms with van der Waals surface area (Å²) in [4.78, 5) is 54.1. The first-order valence-corrected chi connectivity index (χ1v) is 13.5. The Labute approximate surface area is 247 Å². The number of hydrogen-bond acceptors (Lipinski definition) is 14. The number of esters is 4. The maximum atomic E-state index is 12.4. The van der Waals surface area contributed by atoms with Gasteiger partial charge in [-0.3, -0.25) is 33.9 Å². The van der Waals surface area contributed by atoms with E-state index in [9.17, 15) is 24.3 Å². The summed E-state index contributed by atoms with van der Waals surface area (Å²) in [5, 5.41) is 10.0. The molecule has 0 aliphatic carbocycles. The number of carbonyl (C=O) groups excluding carboxylic acids is 4. The molecule has 0 radical (unpaired) electrons. The molecule has 0 aliphatic heterocycles. The van der Waals surface area contributed by atoms with Crippen LogP contribution in [0.3, 0.4) is 0 Å². The molecule has 1 rings (SSSR count). The highest BCUT2D eigenvalue weighted by atomic mass is 16.6. The number of ether oxygens (including phenoxy) is 6. The Hall–Kier alpha value is -3.30. The summed E-state index contributed by atoms with van der Waals surface area (Å²) in [5.41, 5.74) is 0.900. The molecule has 0 heterocycles. The number of benzene rings is 1. The minimum absolute atomic E-state index is 0.0179. The second-order valence-electron chi connectivity index (χ2n) is 9.31. The van der Waals surface area contributed by atoms with Crippen molar-refractivity contribution < 1.29 is 52.7 Å². The number of methoxy groups -OCH3 is 5. The van der Waals surface area contributed by atoms with E-state index in [4.69, 9.17) is 28.4 Å². The van der Waals surface area contributed by atoms with Crippen molar-refractivity contribution in [3.05, 3.63) is 29.8 Å². The fourth-order valence-corrected chi connectivity index (χ4v) is 4.08. The molecule has 14 nitrogen and oxygen atoms in total. The number of aliphatic hydroxyl groups excluding tert-OH is 1. The van der Waals surface area contributed by atoms with Crippen molar-refractivity contribution in [2.75, 3.05) is 94.5 Å². The largest absolute Gasteiger partial charge is 0.494 e. The summed E-state index contributed by atoms with van der Waals surface area (Å²) in [5.74, 6) is -1.40. The first-order valence-electron chi connectivity index (χ1n) is 13.5. The monoisotopic (exact) mass is 599 g/mol. The Morgan fingerprint density at radius 2 is 1.17 bits per heavy atom. The Morgan fingerprint density at radius 3 is 1.60 bits per heavy atom. The summed E-state index contributed by atoms with van der Waals surface area (Å²) >= 11 is 0. The van der Waals surface area contributed by atoms with E-state index in [0.29, 0.717) is 18.8 Å². The van der Waals surface area contributed by atoms with Crippen LogP contribution in [-0.2, 0) is 49.3 Å². The Kier molecular flexibility index (Phi) is 18.0. The summed E-state index contributed by atoms with van der Waals surface area (Å²) in [6.07, 6.45) is -0.751. The molecule has 0 spiro atoms. The van der Waals surface area contributed by atoms with Crippen molar-refractivity contribution in [3.63, 3.8) is 0 Å². The topological polar surface area (TPSA) is 154 Å². The van der Waals surface area contributed by atoms with Gasteiger partial charge in [0.25, 0.3) is 0 Å². The van der Waals surface area contributed by atoms with Gasteiger partial charge in [0.15, 0.2) is 6.29 Å². The molecule has 1 aromatic rings. The van der Waals surface area contributed by atoms with Gasteiger partial charge >= 0.3 is 23.9 Å². The molecule has 0 saturated heterocycles. The van der Waals surface area contributed by atoms with Crippen LogP contribution in [-0.4, -0.2) is 151 Å². The molecule has 14 heteroatoms. The number of rotatable bonds is 21. The predicted octanol–water partition coefficient (Wildman–Crippen LogP) is -0.441. The van der Waals surface area contributed by atoms with Crippen LogP contribution < -0.4 is 4.74 Å². The third-order valence-electron chi connectivity index (χ3n) is 6.39. The van der Waals surface area contributed by atoms with Crippen molar-refractivity contribution in [1.29, 1.82) is 0 Å². The lowest BCUT2D eigenvalue weighted by Crippen LogP contribution is -2.52. The number of carbonyl (C=O) groups is 4. The van der Waals surface area contributed by atoms with Crippen molar-refractivity contribution in [2.24, 2.45) is 0 Å². The van der Waals surface area contributed by atoms with E-state index >= 15 is 0 Å². The predicted molar refractivity (Wildman–Crippen MR) is 151 cm³/mol. The van der Waals surface area contributed by atoms with Crippen molar-refractivity contribution in [3.8, 4) is 5.75 Å². The van der Waals surface area contributed by atoms with Gasteiger partial charge in [-0.25, -0.2) is 0 Å². The first-order chi connectivity index (χ1) is 20.1. The van der Waals surface area contributed by atoms with Crippen LogP contribution in [0, 0.1) is 0 Å². The van der Waals surface area contributed by atoms with Gasteiger partial charge in [0, 0.05) is 39.3 Å². The van der Waals surface area contributed by atoms with E-state index in [2.05, 4.69) is 0 Å². The van der Waals surface area contributed by atoms with Crippen LogP contribution in [0.1, 0.15) is 12.5 Å². The van der Waals surface area contributed by atoms with Gasteiger partial charge in [0.05, 0.1) is 61.2 Å². The minimum Gasteiger partial charge on any atom is -0.494 e. The lowest BCUT2D eigenvalue weighted by atomic mass is 10.0. The molecule has 42 heavy (non-hydrogen) atoms. The maximum Gasteiger partial charge on any atom is 0.319 e. The molecule has 0 fully saturated rings. The van der Waals surface area contributed by atoms with Crippen molar-refractivity contribution >= 4 is 23.9 Å². The molecular formula is C28H45N3O11. The number of hydrogen-bond donors (Lipinski definition) is 1. The zero-order valence-corrected chi connectivity index (χ0v) is 25.4. The third kappa shape index (κ3) is 14.5. The van der Waals surface area contributed by atoms with Gasteiger partial charge in [-0.1, -0.05) is 12.1 Å². The number of aliphatic hydroxyl groups is 1.